The SMILES string of the molecule is CS(=O)(=O)CCCS(=O)(=O)c1nc2cc(N)ccc2o1. The van der Waals surface area contributed by atoms with E-state index < -0.39 is 24.9 Å². The lowest BCUT2D eigenvalue weighted by molar-refractivity contribution is 0.458. The van der Waals surface area contributed by atoms with E-state index in [1.165, 1.54) is 12.1 Å². The van der Waals surface area contributed by atoms with Crippen LogP contribution in [0.25, 0.3) is 11.1 Å². The van der Waals surface area contributed by atoms with Crippen LogP contribution in [0.5, 0.6) is 0 Å². The number of hydrogen-bond acceptors (Lipinski definition) is 7. The molecule has 0 saturated carbocycles. The molecule has 2 N–H and O–H groups in total. The summed E-state index contributed by atoms with van der Waals surface area (Å²) in [5, 5.41) is -0.411. The van der Waals surface area contributed by atoms with Gasteiger partial charge in [-0.15, -0.1) is 0 Å². The van der Waals surface area contributed by atoms with E-state index in [1.54, 1.807) is 6.07 Å². The van der Waals surface area contributed by atoms with Crippen molar-refractivity contribution in [3.63, 3.8) is 0 Å². The zero-order chi connectivity index (χ0) is 15.0. The highest BCUT2D eigenvalue weighted by atomic mass is 32.2. The van der Waals surface area contributed by atoms with Crippen molar-refractivity contribution in [2.45, 2.75) is 11.6 Å². The van der Waals surface area contributed by atoms with Crippen LogP contribution in [-0.4, -0.2) is 39.6 Å². The molecule has 0 amide bonds. The Bertz CT molecular complexity index is 837. The molecule has 0 fully saturated rings. The molecule has 7 nitrogen and oxygen atoms in total. The van der Waals surface area contributed by atoms with E-state index in [2.05, 4.69) is 4.98 Å². The van der Waals surface area contributed by atoms with Crippen LogP contribution in [0, 0.1) is 0 Å². The number of hydrogen-bond donors (Lipinski definition) is 1. The Morgan fingerprint density at radius 1 is 1.20 bits per heavy atom. The van der Waals surface area contributed by atoms with Gasteiger partial charge in [0.05, 0.1) is 11.5 Å². The summed E-state index contributed by atoms with van der Waals surface area (Å²) in [5.41, 5.74) is 6.70. The first-order chi connectivity index (χ1) is 9.17. The summed E-state index contributed by atoms with van der Waals surface area (Å²) in [6, 6.07) is 4.62. The molecule has 2 rings (SSSR count). The van der Waals surface area contributed by atoms with Crippen LogP contribution in [0.4, 0.5) is 5.69 Å². The summed E-state index contributed by atoms with van der Waals surface area (Å²) in [7, 11) is -6.93. The van der Waals surface area contributed by atoms with Gasteiger partial charge in [-0.1, -0.05) is 0 Å². The Morgan fingerprint density at radius 3 is 2.55 bits per heavy atom. The van der Waals surface area contributed by atoms with Crippen molar-refractivity contribution >= 4 is 36.5 Å². The van der Waals surface area contributed by atoms with Gasteiger partial charge in [-0.25, -0.2) is 16.8 Å². The van der Waals surface area contributed by atoms with Crippen LogP contribution in [0.2, 0.25) is 0 Å². The minimum atomic E-state index is -3.74. The topological polar surface area (TPSA) is 120 Å². The number of rotatable bonds is 5. The molecule has 0 bridgehead atoms. The van der Waals surface area contributed by atoms with Gasteiger partial charge in [-0.05, 0) is 24.6 Å². The Balaban J connectivity index is 2.23. The molecule has 2 aromatic rings. The lowest BCUT2D eigenvalue weighted by Crippen LogP contribution is -2.12. The lowest BCUT2D eigenvalue weighted by Gasteiger charge is -1.99. The monoisotopic (exact) mass is 318 g/mol. The van der Waals surface area contributed by atoms with Crippen LogP contribution >= 0.6 is 0 Å². The van der Waals surface area contributed by atoms with Crippen LogP contribution in [0.3, 0.4) is 0 Å². The fraction of sp³-hybridized carbons (Fsp3) is 0.364. The van der Waals surface area contributed by atoms with E-state index in [9.17, 15) is 16.8 Å². The second kappa shape index (κ2) is 5.06. The number of oxazole rings is 1. The molecule has 20 heavy (non-hydrogen) atoms. The van der Waals surface area contributed by atoms with E-state index in [-0.39, 0.29) is 17.9 Å². The van der Waals surface area contributed by atoms with Crippen molar-refractivity contribution in [2.24, 2.45) is 0 Å². The molecular weight excluding hydrogens is 304 g/mol. The van der Waals surface area contributed by atoms with Gasteiger partial charge < -0.3 is 10.2 Å². The molecule has 1 aromatic carbocycles. The summed E-state index contributed by atoms with van der Waals surface area (Å²) in [6.45, 7) is 0. The minimum Gasteiger partial charge on any atom is -0.428 e. The first-order valence-corrected chi connectivity index (χ1v) is 9.45. The van der Waals surface area contributed by atoms with E-state index in [0.717, 1.165) is 6.26 Å². The molecular formula is C11H14N2O5S2. The van der Waals surface area contributed by atoms with Crippen LogP contribution < -0.4 is 5.73 Å². The van der Waals surface area contributed by atoms with Crippen molar-refractivity contribution < 1.29 is 21.3 Å². The largest absolute Gasteiger partial charge is 0.428 e. The number of nitrogens with zero attached hydrogens (tertiary/aromatic N) is 1. The smallest absolute Gasteiger partial charge is 0.316 e. The van der Waals surface area contributed by atoms with Crippen molar-refractivity contribution in [2.75, 3.05) is 23.5 Å². The number of benzene rings is 1. The van der Waals surface area contributed by atoms with E-state index in [4.69, 9.17) is 10.2 Å². The summed E-state index contributed by atoms with van der Waals surface area (Å²) >= 11 is 0. The first-order valence-electron chi connectivity index (χ1n) is 5.74. The van der Waals surface area contributed by atoms with Gasteiger partial charge in [0.2, 0.25) is 9.84 Å². The number of nitrogen functional groups attached to an aromatic ring is 1. The molecule has 0 aliphatic carbocycles. The fourth-order valence-corrected chi connectivity index (χ4v) is 3.66. The van der Waals surface area contributed by atoms with Crippen molar-refractivity contribution in [1.82, 2.24) is 4.98 Å². The number of nitrogens with two attached hydrogens (primary N) is 1. The normalized spacial score (nSPS) is 12.8. The molecule has 0 aliphatic rings. The number of aromatic nitrogens is 1. The molecule has 9 heteroatoms. The number of anilines is 1. The molecule has 0 saturated heterocycles. The van der Waals surface area contributed by atoms with Crippen LogP contribution in [0.15, 0.2) is 27.8 Å². The third-order valence-corrected chi connectivity index (χ3v) is 5.15. The maximum absolute atomic E-state index is 12.0. The maximum atomic E-state index is 12.0. The lowest BCUT2D eigenvalue weighted by atomic mass is 10.3. The molecule has 110 valence electrons. The number of fused-ring (bicyclic) bond motifs is 1. The van der Waals surface area contributed by atoms with Gasteiger partial charge in [0.1, 0.15) is 15.4 Å². The quantitative estimate of drug-likeness (QED) is 0.802. The third kappa shape index (κ3) is 3.48. The minimum absolute atomic E-state index is 0.00201. The molecule has 0 spiro atoms. The third-order valence-electron chi connectivity index (χ3n) is 2.59. The molecule has 0 radical (unpaired) electrons. The predicted octanol–water partition coefficient (Wildman–Crippen LogP) is 0.618. The van der Waals surface area contributed by atoms with Gasteiger partial charge in [0, 0.05) is 11.9 Å². The van der Waals surface area contributed by atoms with E-state index in [1.807, 2.05) is 0 Å². The van der Waals surface area contributed by atoms with Gasteiger partial charge in [0.15, 0.2) is 5.58 Å². The predicted molar refractivity (Wildman–Crippen MR) is 74.8 cm³/mol. The second-order valence-corrected chi connectivity index (χ2v) is 8.76. The molecule has 1 heterocycles. The molecule has 1 aromatic heterocycles. The van der Waals surface area contributed by atoms with Gasteiger partial charge in [-0.3, -0.25) is 0 Å². The average molecular weight is 318 g/mol. The maximum Gasteiger partial charge on any atom is 0.316 e. The Morgan fingerprint density at radius 2 is 1.90 bits per heavy atom. The van der Waals surface area contributed by atoms with Gasteiger partial charge >= 0.3 is 5.22 Å². The second-order valence-electron chi connectivity index (χ2n) is 4.51. The standard InChI is InChI=1S/C11H14N2O5S2/c1-19(14,15)5-2-6-20(16,17)11-13-9-7-8(12)3-4-10(9)18-11/h3-4,7H,2,5-6,12H2,1H3. The highest BCUT2D eigenvalue weighted by molar-refractivity contribution is 7.91. The van der Waals surface area contributed by atoms with Crippen molar-refractivity contribution in [3.05, 3.63) is 18.2 Å². The van der Waals surface area contributed by atoms with Crippen LogP contribution in [0.1, 0.15) is 6.42 Å². The van der Waals surface area contributed by atoms with Crippen molar-refractivity contribution in [1.29, 1.82) is 0 Å². The zero-order valence-corrected chi connectivity index (χ0v) is 12.4. The molecule has 0 unspecified atom stereocenters. The van der Waals surface area contributed by atoms with Gasteiger partial charge in [-0.2, -0.15) is 4.98 Å². The van der Waals surface area contributed by atoms with Gasteiger partial charge in [0.25, 0.3) is 0 Å². The average Bonchev–Trinajstić information content (AvgIpc) is 2.70. The Kier molecular flexibility index (Phi) is 3.74. The summed E-state index contributed by atoms with van der Waals surface area (Å²) in [6.07, 6.45) is 1.06. The highest BCUT2D eigenvalue weighted by Crippen LogP contribution is 2.22. The zero-order valence-electron chi connectivity index (χ0n) is 10.7. The van der Waals surface area contributed by atoms with E-state index >= 15 is 0 Å². The summed E-state index contributed by atoms with van der Waals surface area (Å²) in [5.74, 6) is -0.526. The highest BCUT2D eigenvalue weighted by Gasteiger charge is 2.22. The summed E-state index contributed by atoms with van der Waals surface area (Å²) < 4.78 is 51.1. The van der Waals surface area contributed by atoms with Crippen LogP contribution in [-0.2, 0) is 19.7 Å². The Labute approximate surface area is 116 Å². The first kappa shape index (κ1) is 14.8. The molecule has 0 atom stereocenters. The number of sulfone groups is 2. The molecule has 0 aliphatic heterocycles. The fourth-order valence-electron chi connectivity index (χ4n) is 1.65. The van der Waals surface area contributed by atoms with Crippen molar-refractivity contribution in [3.8, 4) is 0 Å². The Hall–Kier alpha value is -1.61. The summed E-state index contributed by atoms with van der Waals surface area (Å²) in [4.78, 5) is 3.88. The van der Waals surface area contributed by atoms with E-state index in [0.29, 0.717) is 16.8 Å².